The van der Waals surface area contributed by atoms with Crippen molar-refractivity contribution in [3.8, 4) is 11.5 Å². The quantitative estimate of drug-likeness (QED) is 0.318. The number of likely N-dealkylation sites (tertiary alicyclic amines) is 1. The van der Waals surface area contributed by atoms with Gasteiger partial charge in [-0.3, -0.25) is 19.3 Å². The monoisotopic (exact) mass is 642 g/mol. The van der Waals surface area contributed by atoms with Gasteiger partial charge in [-0.2, -0.15) is 0 Å². The van der Waals surface area contributed by atoms with E-state index in [1.807, 2.05) is 24.3 Å². The van der Waals surface area contributed by atoms with Gasteiger partial charge in [0, 0.05) is 52.5 Å². The lowest BCUT2D eigenvalue weighted by Gasteiger charge is -2.52. The number of rotatable bonds is 11. The van der Waals surface area contributed by atoms with E-state index >= 15 is 0 Å². The lowest BCUT2D eigenvalue weighted by molar-refractivity contribution is -0.166. The minimum absolute atomic E-state index is 0. The Hall–Kier alpha value is -3.18. The van der Waals surface area contributed by atoms with Crippen LogP contribution in [0.4, 0.5) is 0 Å². The largest absolute Gasteiger partial charge is 0.457 e. The van der Waals surface area contributed by atoms with Crippen molar-refractivity contribution in [2.45, 2.75) is 75.6 Å². The standard InChI is InChI=1S/C34H46N4O6.ClH/c1-35-31(40)26-11-15-28(16-12-26)44-27-13-9-24(10-14-27)23-37-20-17-34(18-21-37)33(42)36-29(30(39)25-7-4-3-5-8-25)32(41)38(34)19-6-22-43-2;/h9-16,25,29-30,39H,3-8,17-23H2,1-2H3,(H,35,40)(H,36,42);1H/t29-,30-;/m1./s1. The molecule has 5 rings (SSSR count). The van der Waals surface area contributed by atoms with E-state index in [0.29, 0.717) is 62.6 Å². The highest BCUT2D eigenvalue weighted by Crippen LogP contribution is 2.36. The molecule has 2 aromatic carbocycles. The van der Waals surface area contributed by atoms with Crippen molar-refractivity contribution >= 4 is 30.1 Å². The second kappa shape index (κ2) is 15.9. The molecule has 3 amide bonds. The second-order valence-corrected chi connectivity index (χ2v) is 12.3. The zero-order chi connectivity index (χ0) is 31.1. The Morgan fingerprint density at radius 3 is 2.24 bits per heavy atom. The molecule has 10 nitrogen and oxygen atoms in total. The van der Waals surface area contributed by atoms with Gasteiger partial charge in [0.1, 0.15) is 23.1 Å². The maximum Gasteiger partial charge on any atom is 0.251 e. The molecule has 0 unspecified atom stereocenters. The van der Waals surface area contributed by atoms with Crippen LogP contribution in [-0.2, 0) is 20.9 Å². The van der Waals surface area contributed by atoms with Crippen molar-refractivity contribution in [1.29, 1.82) is 0 Å². The van der Waals surface area contributed by atoms with Crippen molar-refractivity contribution in [3.63, 3.8) is 0 Å². The lowest BCUT2D eigenvalue weighted by atomic mass is 9.78. The highest BCUT2D eigenvalue weighted by Gasteiger charge is 2.55. The Morgan fingerprint density at radius 2 is 1.64 bits per heavy atom. The molecule has 246 valence electrons. The van der Waals surface area contributed by atoms with Gasteiger partial charge in [-0.1, -0.05) is 31.4 Å². The molecule has 0 bridgehead atoms. The zero-order valence-corrected chi connectivity index (χ0v) is 27.2. The number of amides is 3. The van der Waals surface area contributed by atoms with Crippen LogP contribution in [0.3, 0.4) is 0 Å². The Morgan fingerprint density at radius 1 is 1.02 bits per heavy atom. The summed E-state index contributed by atoms with van der Waals surface area (Å²) in [5.41, 5.74) is 0.790. The first kappa shape index (κ1) is 34.7. The van der Waals surface area contributed by atoms with Crippen LogP contribution in [0.5, 0.6) is 11.5 Å². The zero-order valence-electron chi connectivity index (χ0n) is 26.3. The Kier molecular flexibility index (Phi) is 12.2. The number of nitrogens with one attached hydrogen (secondary N) is 2. The molecule has 2 atom stereocenters. The number of benzene rings is 2. The predicted molar refractivity (Wildman–Crippen MR) is 174 cm³/mol. The van der Waals surface area contributed by atoms with Crippen LogP contribution < -0.4 is 15.4 Å². The molecule has 1 aliphatic carbocycles. The van der Waals surface area contributed by atoms with Crippen LogP contribution in [0.1, 0.15) is 67.3 Å². The van der Waals surface area contributed by atoms with E-state index in [1.165, 1.54) is 0 Å². The highest BCUT2D eigenvalue weighted by atomic mass is 35.5. The van der Waals surface area contributed by atoms with Crippen LogP contribution in [0.15, 0.2) is 48.5 Å². The van der Waals surface area contributed by atoms with Crippen molar-refractivity contribution < 1.29 is 29.0 Å². The molecule has 2 heterocycles. The van der Waals surface area contributed by atoms with E-state index in [4.69, 9.17) is 9.47 Å². The molecule has 3 N–H and O–H groups in total. The molecule has 2 aliphatic heterocycles. The number of ether oxygens (including phenoxy) is 2. The predicted octanol–water partition coefficient (Wildman–Crippen LogP) is 3.90. The van der Waals surface area contributed by atoms with Gasteiger partial charge in [0.2, 0.25) is 11.8 Å². The number of carbonyl (C=O) groups excluding carboxylic acids is 3. The van der Waals surface area contributed by atoms with Gasteiger partial charge >= 0.3 is 0 Å². The van der Waals surface area contributed by atoms with Gasteiger partial charge in [0.15, 0.2) is 0 Å². The summed E-state index contributed by atoms with van der Waals surface area (Å²) in [5, 5.41) is 16.8. The Bertz CT molecular complexity index is 1280. The van der Waals surface area contributed by atoms with E-state index in [2.05, 4.69) is 15.5 Å². The number of hydrogen-bond acceptors (Lipinski definition) is 7. The third-order valence-electron chi connectivity index (χ3n) is 9.55. The van der Waals surface area contributed by atoms with Gasteiger partial charge in [0.05, 0.1) is 6.10 Å². The summed E-state index contributed by atoms with van der Waals surface area (Å²) >= 11 is 0. The minimum Gasteiger partial charge on any atom is -0.457 e. The molecular formula is C34H47ClN4O6. The van der Waals surface area contributed by atoms with Gasteiger partial charge in [-0.05, 0) is 80.0 Å². The van der Waals surface area contributed by atoms with Crippen LogP contribution in [0.2, 0.25) is 0 Å². The van der Waals surface area contributed by atoms with Gasteiger partial charge in [-0.25, -0.2) is 0 Å². The van der Waals surface area contributed by atoms with E-state index in [-0.39, 0.29) is 36.0 Å². The number of hydrogen-bond donors (Lipinski definition) is 3. The number of aliphatic hydroxyl groups is 1. The van der Waals surface area contributed by atoms with E-state index in [0.717, 1.165) is 44.2 Å². The summed E-state index contributed by atoms with van der Waals surface area (Å²) in [4.78, 5) is 43.5. The van der Waals surface area contributed by atoms with Crippen LogP contribution >= 0.6 is 12.4 Å². The van der Waals surface area contributed by atoms with Crippen molar-refractivity contribution in [1.82, 2.24) is 20.4 Å². The molecule has 11 heteroatoms. The molecule has 1 saturated carbocycles. The van der Waals surface area contributed by atoms with Gasteiger partial charge in [-0.15, -0.1) is 12.4 Å². The molecule has 45 heavy (non-hydrogen) atoms. The summed E-state index contributed by atoms with van der Waals surface area (Å²) in [6.07, 6.45) is 5.91. The first-order chi connectivity index (χ1) is 21.3. The van der Waals surface area contributed by atoms with Crippen molar-refractivity contribution in [2.75, 3.05) is 40.4 Å². The normalized spacial score (nSPS) is 21.1. The van der Waals surface area contributed by atoms with Gasteiger partial charge in [0.25, 0.3) is 5.91 Å². The smallest absolute Gasteiger partial charge is 0.251 e. The maximum atomic E-state index is 13.9. The molecule has 2 aromatic rings. The average Bonchev–Trinajstić information content (AvgIpc) is 3.06. The number of halogens is 1. The lowest BCUT2D eigenvalue weighted by Crippen LogP contribution is -2.75. The molecule has 1 spiro atoms. The molecule has 3 aliphatic rings. The fraction of sp³-hybridized carbons (Fsp3) is 0.559. The van der Waals surface area contributed by atoms with Crippen LogP contribution in [-0.4, -0.2) is 90.7 Å². The topological polar surface area (TPSA) is 120 Å². The summed E-state index contributed by atoms with van der Waals surface area (Å²) in [6, 6.07) is 14.0. The molecular weight excluding hydrogens is 596 g/mol. The number of carbonyl (C=O) groups is 3. The van der Waals surface area contributed by atoms with Crippen LogP contribution in [0.25, 0.3) is 0 Å². The summed E-state index contributed by atoms with van der Waals surface area (Å²) in [5.74, 6) is 0.950. The fourth-order valence-electron chi connectivity index (χ4n) is 6.96. The number of methoxy groups -OCH3 is 1. The third-order valence-corrected chi connectivity index (χ3v) is 9.55. The summed E-state index contributed by atoms with van der Waals surface area (Å²) < 4.78 is 11.2. The SMILES string of the molecule is CNC(=O)c1ccc(Oc2ccc(CN3CCC4(CC3)C(=O)N[C@H]([C@H](O)C3CCCCC3)C(=O)N4CCCOC)cc2)cc1.Cl. The number of nitrogens with zero attached hydrogens (tertiary/aromatic N) is 2. The van der Waals surface area contributed by atoms with E-state index in [1.54, 1.807) is 43.3 Å². The summed E-state index contributed by atoms with van der Waals surface area (Å²) in [6.45, 7) is 3.01. The molecule has 0 radical (unpaired) electrons. The number of aliphatic hydroxyl groups excluding tert-OH is 1. The fourth-order valence-corrected chi connectivity index (χ4v) is 6.96. The molecule has 3 fully saturated rings. The van der Waals surface area contributed by atoms with Crippen molar-refractivity contribution in [3.05, 3.63) is 59.7 Å². The highest BCUT2D eigenvalue weighted by molar-refractivity contribution is 6.00. The first-order valence-corrected chi connectivity index (χ1v) is 16.0. The third kappa shape index (κ3) is 7.98. The number of piperidine rings is 1. The van der Waals surface area contributed by atoms with Gasteiger partial charge < -0.3 is 30.1 Å². The average molecular weight is 643 g/mol. The second-order valence-electron chi connectivity index (χ2n) is 12.3. The van der Waals surface area contributed by atoms with Crippen LogP contribution in [0, 0.1) is 5.92 Å². The first-order valence-electron chi connectivity index (χ1n) is 16.0. The molecule has 0 aromatic heterocycles. The van der Waals surface area contributed by atoms with Crippen molar-refractivity contribution in [2.24, 2.45) is 5.92 Å². The van der Waals surface area contributed by atoms with E-state index < -0.39 is 17.7 Å². The minimum atomic E-state index is -0.908. The van der Waals surface area contributed by atoms with E-state index in [9.17, 15) is 19.5 Å². The number of piperazine rings is 1. The molecule has 2 saturated heterocycles. The Labute approximate surface area is 272 Å². The summed E-state index contributed by atoms with van der Waals surface area (Å²) in [7, 11) is 3.24. The maximum absolute atomic E-state index is 13.9. The Balaban J connectivity index is 0.00000461.